The highest BCUT2D eigenvalue weighted by molar-refractivity contribution is 6.17. The van der Waals surface area contributed by atoms with Crippen LogP contribution >= 0.6 is 0 Å². The molecule has 0 radical (unpaired) electrons. The van der Waals surface area contributed by atoms with Crippen LogP contribution in [-0.2, 0) is 0 Å². The molecule has 62 heavy (non-hydrogen) atoms. The molecular weight excluding hydrogens is 751 g/mol. The Bertz CT molecular complexity index is 3630. The predicted molar refractivity (Wildman–Crippen MR) is 263 cm³/mol. The first-order valence-corrected chi connectivity index (χ1v) is 21.2. The first-order chi connectivity index (χ1) is 30.7. The summed E-state index contributed by atoms with van der Waals surface area (Å²) in [7, 11) is 0. The van der Waals surface area contributed by atoms with Crippen LogP contribution in [0.25, 0.3) is 98.8 Å². The van der Waals surface area contributed by atoms with Gasteiger partial charge < -0.3 is 9.32 Å². The van der Waals surface area contributed by atoms with Crippen molar-refractivity contribution in [2.45, 2.75) is 0 Å². The van der Waals surface area contributed by atoms with Gasteiger partial charge in [-0.2, -0.15) is 0 Å². The van der Waals surface area contributed by atoms with Gasteiger partial charge in [-0.15, -0.1) is 0 Å². The molecule has 1 aromatic heterocycles. The molecule has 1 heterocycles. The van der Waals surface area contributed by atoms with E-state index in [-0.39, 0.29) is 0 Å². The summed E-state index contributed by atoms with van der Waals surface area (Å²) in [5.74, 6) is 0. The Morgan fingerprint density at radius 1 is 0.258 bits per heavy atom. The molecule has 0 saturated carbocycles. The molecular formula is C60H39NO. The lowest BCUT2D eigenvalue weighted by atomic mass is 9.96. The van der Waals surface area contributed by atoms with E-state index in [1.54, 1.807) is 0 Å². The molecule has 0 N–H and O–H groups in total. The average molecular weight is 790 g/mol. The van der Waals surface area contributed by atoms with Crippen molar-refractivity contribution in [3.05, 3.63) is 237 Å². The zero-order chi connectivity index (χ0) is 41.0. The number of anilines is 3. The number of para-hydroxylation sites is 2. The molecule has 0 unspecified atom stereocenters. The third-order valence-corrected chi connectivity index (χ3v) is 12.5. The maximum atomic E-state index is 6.91. The Hall–Kier alpha value is -8.20. The van der Waals surface area contributed by atoms with Crippen LogP contribution in [0.15, 0.2) is 241 Å². The van der Waals surface area contributed by atoms with E-state index in [2.05, 4.69) is 241 Å². The maximum Gasteiger partial charge on any atom is 0.143 e. The molecule has 0 aliphatic rings. The molecule has 0 fully saturated rings. The van der Waals surface area contributed by atoms with Crippen LogP contribution in [0.5, 0.6) is 0 Å². The summed E-state index contributed by atoms with van der Waals surface area (Å²) in [5.41, 5.74) is 14.3. The lowest BCUT2D eigenvalue weighted by Gasteiger charge is -2.28. The molecule has 0 amide bonds. The standard InChI is InChI=1S/C60H39NO/c1-2-15-45-39-48(27-26-40(45)12-1)47-18-9-17-46(38-47)41-28-33-49(34-29-41)61(50-35-30-44(31-36-50)52-22-10-16-42-13-3-5-19-51(42)52)58-25-8-7-21-54(58)55-23-11-24-56-57-37-32-43-14-4-6-20-53(43)59(57)62-60(55)56/h1-39H. The minimum absolute atomic E-state index is 0.888. The van der Waals surface area contributed by atoms with E-state index in [1.807, 2.05) is 0 Å². The summed E-state index contributed by atoms with van der Waals surface area (Å²) in [6.45, 7) is 0. The van der Waals surface area contributed by atoms with Crippen molar-refractivity contribution in [3.63, 3.8) is 0 Å². The van der Waals surface area contributed by atoms with Crippen molar-refractivity contribution >= 4 is 71.3 Å². The lowest BCUT2D eigenvalue weighted by Crippen LogP contribution is -2.11. The molecule has 290 valence electrons. The van der Waals surface area contributed by atoms with Crippen molar-refractivity contribution in [2.24, 2.45) is 0 Å². The number of nitrogens with zero attached hydrogens (tertiary/aromatic N) is 1. The normalized spacial score (nSPS) is 11.5. The second-order valence-corrected chi connectivity index (χ2v) is 16.1. The highest BCUT2D eigenvalue weighted by atomic mass is 16.3. The van der Waals surface area contributed by atoms with Crippen LogP contribution in [0.1, 0.15) is 0 Å². The number of furan rings is 1. The largest absolute Gasteiger partial charge is 0.455 e. The summed E-state index contributed by atoms with van der Waals surface area (Å²) >= 11 is 0. The predicted octanol–water partition coefficient (Wildman–Crippen LogP) is 17.2. The number of fused-ring (bicyclic) bond motifs is 7. The number of hydrogen-bond donors (Lipinski definition) is 0. The fraction of sp³-hybridized carbons (Fsp3) is 0. The van der Waals surface area contributed by atoms with Gasteiger partial charge in [-0.25, -0.2) is 0 Å². The Morgan fingerprint density at radius 2 is 0.758 bits per heavy atom. The molecule has 0 aliphatic carbocycles. The summed E-state index contributed by atoms with van der Waals surface area (Å²) in [4.78, 5) is 2.38. The Morgan fingerprint density at radius 3 is 1.56 bits per heavy atom. The highest BCUT2D eigenvalue weighted by Crippen LogP contribution is 2.46. The van der Waals surface area contributed by atoms with Crippen molar-refractivity contribution in [1.29, 1.82) is 0 Å². The topological polar surface area (TPSA) is 16.4 Å². The Balaban J connectivity index is 0.989. The van der Waals surface area contributed by atoms with Crippen LogP contribution in [0, 0.1) is 0 Å². The fourth-order valence-corrected chi connectivity index (χ4v) is 9.38. The molecule has 12 rings (SSSR count). The number of benzene rings is 11. The molecule has 12 aromatic rings. The van der Waals surface area contributed by atoms with Gasteiger partial charge in [-0.3, -0.25) is 0 Å². The molecule has 0 spiro atoms. The fourth-order valence-electron chi connectivity index (χ4n) is 9.38. The van der Waals surface area contributed by atoms with E-state index >= 15 is 0 Å². The van der Waals surface area contributed by atoms with Crippen molar-refractivity contribution in [1.82, 2.24) is 0 Å². The first kappa shape index (κ1) is 35.7. The quantitative estimate of drug-likeness (QED) is 0.160. The summed E-state index contributed by atoms with van der Waals surface area (Å²) in [6, 6.07) is 85.4. The molecule has 0 saturated heterocycles. The smallest absolute Gasteiger partial charge is 0.143 e. The van der Waals surface area contributed by atoms with Crippen molar-refractivity contribution in [2.75, 3.05) is 4.90 Å². The summed E-state index contributed by atoms with van der Waals surface area (Å²) in [6.07, 6.45) is 0. The number of hydrogen-bond acceptors (Lipinski definition) is 2. The molecule has 2 heteroatoms. The van der Waals surface area contributed by atoms with Gasteiger partial charge in [0, 0.05) is 38.7 Å². The van der Waals surface area contributed by atoms with Gasteiger partial charge in [-0.05, 0) is 109 Å². The van der Waals surface area contributed by atoms with Crippen LogP contribution in [0.3, 0.4) is 0 Å². The van der Waals surface area contributed by atoms with E-state index in [4.69, 9.17) is 4.42 Å². The number of rotatable bonds is 7. The molecule has 0 atom stereocenters. The third kappa shape index (κ3) is 6.12. The zero-order valence-electron chi connectivity index (χ0n) is 33.9. The second-order valence-electron chi connectivity index (χ2n) is 16.1. The monoisotopic (exact) mass is 789 g/mol. The van der Waals surface area contributed by atoms with Crippen molar-refractivity contribution in [3.8, 4) is 44.5 Å². The molecule has 0 aliphatic heterocycles. The Labute approximate surface area is 360 Å². The van der Waals surface area contributed by atoms with Crippen molar-refractivity contribution < 1.29 is 4.42 Å². The van der Waals surface area contributed by atoms with Crippen LogP contribution in [0.2, 0.25) is 0 Å². The van der Waals surface area contributed by atoms with Gasteiger partial charge in [0.2, 0.25) is 0 Å². The maximum absolute atomic E-state index is 6.91. The van der Waals surface area contributed by atoms with Gasteiger partial charge in [0.05, 0.1) is 5.69 Å². The van der Waals surface area contributed by atoms with Crippen LogP contribution < -0.4 is 4.90 Å². The minimum atomic E-state index is 0.888. The van der Waals surface area contributed by atoms with Gasteiger partial charge >= 0.3 is 0 Å². The first-order valence-electron chi connectivity index (χ1n) is 21.2. The van der Waals surface area contributed by atoms with Crippen LogP contribution in [-0.4, -0.2) is 0 Å². The average Bonchev–Trinajstić information content (AvgIpc) is 3.74. The third-order valence-electron chi connectivity index (χ3n) is 12.5. The van der Waals surface area contributed by atoms with Gasteiger partial charge in [0.25, 0.3) is 0 Å². The second kappa shape index (κ2) is 14.8. The molecule has 11 aromatic carbocycles. The van der Waals surface area contributed by atoms with E-state index < -0.39 is 0 Å². The molecule has 0 bridgehead atoms. The van der Waals surface area contributed by atoms with Crippen LogP contribution in [0.4, 0.5) is 17.1 Å². The van der Waals surface area contributed by atoms with Gasteiger partial charge in [-0.1, -0.05) is 188 Å². The minimum Gasteiger partial charge on any atom is -0.455 e. The molecule has 2 nitrogen and oxygen atoms in total. The lowest BCUT2D eigenvalue weighted by molar-refractivity contribution is 0.674. The zero-order valence-corrected chi connectivity index (χ0v) is 33.9. The summed E-state index contributed by atoms with van der Waals surface area (Å²) < 4.78 is 6.91. The van der Waals surface area contributed by atoms with E-state index in [0.29, 0.717) is 0 Å². The SMILES string of the molecule is c1cc(-c2ccc(N(c3ccc(-c4cccc5ccccc45)cc3)c3ccccc3-c3cccc4c3oc3c5ccccc5ccc43)cc2)cc(-c2ccc3ccccc3c2)c1. The van der Waals surface area contributed by atoms with E-state index in [9.17, 15) is 0 Å². The highest BCUT2D eigenvalue weighted by Gasteiger charge is 2.21. The summed E-state index contributed by atoms with van der Waals surface area (Å²) in [5, 5.41) is 9.51. The van der Waals surface area contributed by atoms with Gasteiger partial charge in [0.15, 0.2) is 0 Å². The van der Waals surface area contributed by atoms with Gasteiger partial charge in [0.1, 0.15) is 11.2 Å². The van der Waals surface area contributed by atoms with E-state index in [0.717, 1.165) is 61.1 Å². The van der Waals surface area contributed by atoms with E-state index in [1.165, 1.54) is 54.7 Å². The Kier molecular flexibility index (Phi) is 8.53.